The van der Waals surface area contributed by atoms with Crippen LogP contribution in [0, 0.1) is 6.92 Å². The normalized spacial score (nSPS) is 12.2. The van der Waals surface area contributed by atoms with Crippen molar-refractivity contribution in [3.05, 3.63) is 58.4 Å². The van der Waals surface area contributed by atoms with E-state index in [9.17, 15) is 0 Å². The van der Waals surface area contributed by atoms with Gasteiger partial charge in [-0.15, -0.1) is 0 Å². The lowest BCUT2D eigenvalue weighted by molar-refractivity contribution is 0.305. The van der Waals surface area contributed by atoms with Crippen LogP contribution in [0.25, 0.3) is 0 Å². The van der Waals surface area contributed by atoms with Crippen molar-refractivity contribution in [1.82, 2.24) is 4.98 Å². The van der Waals surface area contributed by atoms with Gasteiger partial charge in [0.2, 0.25) is 0 Å². The molecule has 0 amide bonds. The molecule has 2 rings (SSSR count). The average Bonchev–Trinajstić information content (AvgIpc) is 2.37. The Morgan fingerprint density at radius 2 is 2.11 bits per heavy atom. The summed E-state index contributed by atoms with van der Waals surface area (Å²) in [6.07, 6.45) is 3.60. The van der Waals surface area contributed by atoms with Gasteiger partial charge in [0.15, 0.2) is 0 Å². The summed E-state index contributed by atoms with van der Waals surface area (Å²) >= 11 is 6.17. The minimum Gasteiger partial charge on any atom is -0.487 e. The number of rotatable bonds is 4. The Bertz CT molecular complexity index is 570. The molecule has 0 bridgehead atoms. The number of nitrogens with two attached hydrogens (primary N) is 1. The first-order valence-corrected chi connectivity index (χ1v) is 6.52. The molecular weight excluding hydrogens is 260 g/mol. The Hall–Kier alpha value is -1.58. The van der Waals surface area contributed by atoms with Crippen molar-refractivity contribution >= 4 is 11.6 Å². The van der Waals surface area contributed by atoms with Gasteiger partial charge in [0.05, 0.1) is 5.02 Å². The summed E-state index contributed by atoms with van der Waals surface area (Å²) in [5.41, 5.74) is 8.93. The summed E-state index contributed by atoms with van der Waals surface area (Å²) in [7, 11) is 0. The predicted molar refractivity (Wildman–Crippen MR) is 77.4 cm³/mol. The van der Waals surface area contributed by atoms with Crippen LogP contribution in [0.2, 0.25) is 5.02 Å². The first-order valence-electron chi connectivity index (χ1n) is 6.14. The third-order valence-electron chi connectivity index (χ3n) is 2.81. The molecule has 3 nitrogen and oxygen atoms in total. The number of aromatic nitrogens is 1. The Morgan fingerprint density at radius 3 is 2.74 bits per heavy atom. The van der Waals surface area contributed by atoms with E-state index in [1.807, 2.05) is 44.3 Å². The lowest BCUT2D eigenvalue weighted by Gasteiger charge is -2.11. The molecule has 0 spiro atoms. The lowest BCUT2D eigenvalue weighted by Crippen LogP contribution is -2.05. The van der Waals surface area contributed by atoms with E-state index in [4.69, 9.17) is 22.1 Å². The predicted octanol–water partition coefficient (Wildman–Crippen LogP) is 3.64. The number of aryl methyl sites for hydroxylation is 1. The van der Waals surface area contributed by atoms with Gasteiger partial charge in [-0.2, -0.15) is 0 Å². The van der Waals surface area contributed by atoms with E-state index in [0.29, 0.717) is 17.4 Å². The number of hydrogen-bond donors (Lipinski definition) is 1. The van der Waals surface area contributed by atoms with Crippen molar-refractivity contribution in [2.24, 2.45) is 5.73 Å². The molecule has 1 heterocycles. The smallest absolute Gasteiger partial charge is 0.138 e. The summed E-state index contributed by atoms with van der Waals surface area (Å²) < 4.78 is 5.70. The Balaban J connectivity index is 2.07. The van der Waals surface area contributed by atoms with E-state index < -0.39 is 0 Å². The maximum Gasteiger partial charge on any atom is 0.138 e. The Kier molecular flexibility index (Phi) is 4.40. The molecule has 0 aliphatic heterocycles. The molecule has 2 N–H and O–H groups in total. The van der Waals surface area contributed by atoms with Crippen molar-refractivity contribution in [2.45, 2.75) is 26.5 Å². The number of nitrogens with zero attached hydrogens (tertiary/aromatic N) is 1. The van der Waals surface area contributed by atoms with Crippen LogP contribution in [0.4, 0.5) is 0 Å². The maximum atomic E-state index is 6.17. The zero-order valence-corrected chi connectivity index (χ0v) is 11.8. The Labute approximate surface area is 118 Å². The van der Waals surface area contributed by atoms with Gasteiger partial charge in [-0.25, -0.2) is 0 Å². The van der Waals surface area contributed by atoms with Gasteiger partial charge in [-0.1, -0.05) is 17.7 Å². The zero-order chi connectivity index (χ0) is 13.8. The van der Waals surface area contributed by atoms with Gasteiger partial charge < -0.3 is 10.5 Å². The first-order chi connectivity index (χ1) is 9.06. The zero-order valence-electron chi connectivity index (χ0n) is 11.1. The van der Waals surface area contributed by atoms with Gasteiger partial charge in [0, 0.05) is 24.0 Å². The quantitative estimate of drug-likeness (QED) is 0.927. The van der Waals surface area contributed by atoms with Crippen molar-refractivity contribution in [1.29, 1.82) is 0 Å². The molecule has 2 aromatic rings. The largest absolute Gasteiger partial charge is 0.487 e. The second-order valence-corrected chi connectivity index (χ2v) is 5.04. The van der Waals surface area contributed by atoms with E-state index in [1.165, 1.54) is 0 Å². The van der Waals surface area contributed by atoms with E-state index in [0.717, 1.165) is 16.7 Å². The van der Waals surface area contributed by atoms with E-state index in [1.54, 1.807) is 6.20 Å². The van der Waals surface area contributed by atoms with Crippen molar-refractivity contribution < 1.29 is 4.74 Å². The molecule has 4 heteroatoms. The minimum atomic E-state index is -0.0347. The molecule has 1 aromatic heterocycles. The Morgan fingerprint density at radius 1 is 1.32 bits per heavy atom. The molecule has 19 heavy (non-hydrogen) atoms. The summed E-state index contributed by atoms with van der Waals surface area (Å²) in [5, 5.41) is 0.579. The summed E-state index contributed by atoms with van der Waals surface area (Å²) in [6.45, 7) is 4.37. The van der Waals surface area contributed by atoms with E-state index >= 15 is 0 Å². The highest BCUT2D eigenvalue weighted by Gasteiger charge is 2.06. The van der Waals surface area contributed by atoms with Gasteiger partial charge in [0.1, 0.15) is 12.4 Å². The standard InChI is InChI=1S/C15H17ClN2O/c1-10-5-12(8-18-7-10)9-19-15-4-3-13(11(2)17)6-14(15)16/h3-8,11H,9,17H2,1-2H3. The van der Waals surface area contributed by atoms with E-state index in [2.05, 4.69) is 4.98 Å². The van der Waals surface area contributed by atoms with Crippen LogP contribution in [-0.4, -0.2) is 4.98 Å². The first kappa shape index (κ1) is 13.8. The van der Waals surface area contributed by atoms with Crippen LogP contribution in [0.5, 0.6) is 5.75 Å². The molecule has 0 saturated carbocycles. The van der Waals surface area contributed by atoms with Crippen LogP contribution in [0.3, 0.4) is 0 Å². The van der Waals surface area contributed by atoms with Crippen molar-refractivity contribution in [3.63, 3.8) is 0 Å². The van der Waals surface area contributed by atoms with Crippen LogP contribution >= 0.6 is 11.6 Å². The molecule has 0 fully saturated rings. The third kappa shape index (κ3) is 3.69. The number of hydrogen-bond acceptors (Lipinski definition) is 3. The molecule has 0 radical (unpaired) electrons. The summed E-state index contributed by atoms with van der Waals surface area (Å²) in [5.74, 6) is 0.660. The molecule has 1 atom stereocenters. The molecule has 0 saturated heterocycles. The van der Waals surface area contributed by atoms with Crippen molar-refractivity contribution in [3.8, 4) is 5.75 Å². The van der Waals surface area contributed by atoms with Gasteiger partial charge in [-0.05, 0) is 43.2 Å². The lowest BCUT2D eigenvalue weighted by atomic mass is 10.1. The second kappa shape index (κ2) is 6.04. The molecular formula is C15H17ClN2O. The van der Waals surface area contributed by atoms with Crippen LogP contribution in [0.15, 0.2) is 36.7 Å². The topological polar surface area (TPSA) is 48.1 Å². The number of halogens is 1. The molecule has 1 unspecified atom stereocenters. The van der Waals surface area contributed by atoms with Gasteiger partial charge >= 0.3 is 0 Å². The van der Waals surface area contributed by atoms with Crippen LogP contribution in [-0.2, 0) is 6.61 Å². The molecule has 100 valence electrons. The van der Waals surface area contributed by atoms with Crippen LogP contribution in [0.1, 0.15) is 29.7 Å². The SMILES string of the molecule is Cc1cncc(COc2ccc(C(C)N)cc2Cl)c1. The second-order valence-electron chi connectivity index (χ2n) is 4.64. The summed E-state index contributed by atoms with van der Waals surface area (Å²) in [6, 6.07) is 7.63. The summed E-state index contributed by atoms with van der Waals surface area (Å²) in [4.78, 5) is 4.13. The fourth-order valence-electron chi connectivity index (χ4n) is 1.77. The average molecular weight is 277 g/mol. The highest BCUT2D eigenvalue weighted by Crippen LogP contribution is 2.28. The van der Waals surface area contributed by atoms with Gasteiger partial charge in [-0.3, -0.25) is 4.98 Å². The number of ether oxygens (including phenoxy) is 1. The van der Waals surface area contributed by atoms with Crippen molar-refractivity contribution in [2.75, 3.05) is 0 Å². The van der Waals surface area contributed by atoms with Gasteiger partial charge in [0.25, 0.3) is 0 Å². The molecule has 0 aliphatic rings. The van der Waals surface area contributed by atoms with Crippen LogP contribution < -0.4 is 10.5 Å². The maximum absolute atomic E-state index is 6.17. The fourth-order valence-corrected chi connectivity index (χ4v) is 2.02. The number of benzene rings is 1. The molecule has 1 aromatic carbocycles. The highest BCUT2D eigenvalue weighted by atomic mass is 35.5. The molecule has 0 aliphatic carbocycles. The minimum absolute atomic E-state index is 0.0347. The fraction of sp³-hybridized carbons (Fsp3) is 0.267. The monoisotopic (exact) mass is 276 g/mol. The van der Waals surface area contributed by atoms with E-state index in [-0.39, 0.29) is 6.04 Å². The third-order valence-corrected chi connectivity index (χ3v) is 3.10. The highest BCUT2D eigenvalue weighted by molar-refractivity contribution is 6.32. The number of pyridine rings is 1.